The van der Waals surface area contributed by atoms with Crippen LogP contribution in [0.3, 0.4) is 0 Å². The van der Waals surface area contributed by atoms with Crippen molar-refractivity contribution in [1.29, 1.82) is 0 Å². The van der Waals surface area contributed by atoms with Crippen molar-refractivity contribution in [2.24, 2.45) is 12.2 Å². The molecular formula is C6H10N6S. The summed E-state index contributed by atoms with van der Waals surface area (Å²) >= 11 is 1.61. The Labute approximate surface area is 80.0 Å². The number of thioether (sulfide) groups is 1. The van der Waals surface area contributed by atoms with Crippen LogP contribution in [0.4, 0.5) is 0 Å². The van der Waals surface area contributed by atoms with E-state index >= 15 is 0 Å². The average Bonchev–Trinajstić information content (AvgIpc) is 2.52. The van der Waals surface area contributed by atoms with Crippen LogP contribution in [-0.2, 0) is 7.05 Å². The summed E-state index contributed by atoms with van der Waals surface area (Å²) in [4.78, 5) is 6.72. The van der Waals surface area contributed by atoms with Gasteiger partial charge in [0.25, 0.3) is 0 Å². The van der Waals surface area contributed by atoms with Crippen molar-refractivity contribution in [3.05, 3.63) is 16.8 Å². The molecule has 0 bridgehead atoms. The fourth-order valence-corrected chi connectivity index (χ4v) is 1.57. The highest BCUT2D eigenvalue weighted by molar-refractivity contribution is 7.99. The zero-order valence-electron chi connectivity index (χ0n) is 7.29. The number of aryl methyl sites for hydroxylation is 1. The lowest BCUT2D eigenvalue weighted by molar-refractivity contribution is 0.684. The summed E-state index contributed by atoms with van der Waals surface area (Å²) in [5.74, 6) is 0.894. The van der Waals surface area contributed by atoms with Crippen LogP contribution < -0.4 is 0 Å². The van der Waals surface area contributed by atoms with Gasteiger partial charge in [-0.3, -0.25) is 0 Å². The minimum atomic E-state index is 0.543. The molecule has 0 spiro atoms. The van der Waals surface area contributed by atoms with Crippen molar-refractivity contribution in [1.82, 2.24) is 14.8 Å². The lowest BCUT2D eigenvalue weighted by Gasteiger charge is -1.97. The van der Waals surface area contributed by atoms with Gasteiger partial charge in [-0.2, -0.15) is 5.10 Å². The zero-order chi connectivity index (χ0) is 9.52. The number of hydrogen-bond acceptors (Lipinski definition) is 4. The van der Waals surface area contributed by atoms with Gasteiger partial charge in [-0.25, -0.2) is 9.67 Å². The Kier molecular flexibility index (Phi) is 4.14. The number of hydrogen-bond donors (Lipinski definition) is 0. The van der Waals surface area contributed by atoms with E-state index in [1.807, 2.05) is 7.05 Å². The molecule has 0 aromatic carbocycles. The van der Waals surface area contributed by atoms with Crippen molar-refractivity contribution in [3.8, 4) is 0 Å². The Hall–Kier alpha value is -1.20. The van der Waals surface area contributed by atoms with Gasteiger partial charge < -0.3 is 0 Å². The normalized spacial score (nSPS) is 9.62. The predicted molar refractivity (Wildman–Crippen MR) is 50.4 cm³/mol. The summed E-state index contributed by atoms with van der Waals surface area (Å²) in [6.45, 7) is 0.543. The molecule has 1 aromatic rings. The largest absolute Gasteiger partial charge is 0.244 e. The van der Waals surface area contributed by atoms with E-state index in [1.165, 1.54) is 6.33 Å². The standard InChI is InChI=1S/C6H10N6S/c1-12-6(8-5-10-12)13-4-2-3-9-11-7/h5H,2-4H2,1H3. The quantitative estimate of drug-likeness (QED) is 0.237. The molecule has 0 radical (unpaired) electrons. The molecule has 7 heteroatoms. The van der Waals surface area contributed by atoms with Crippen LogP contribution in [-0.4, -0.2) is 27.1 Å². The molecule has 13 heavy (non-hydrogen) atoms. The van der Waals surface area contributed by atoms with Crippen molar-refractivity contribution < 1.29 is 0 Å². The zero-order valence-corrected chi connectivity index (χ0v) is 8.11. The van der Waals surface area contributed by atoms with Gasteiger partial charge in [0, 0.05) is 24.3 Å². The Bertz CT molecular complexity index is 302. The Morgan fingerprint density at radius 3 is 3.23 bits per heavy atom. The molecule has 0 aliphatic heterocycles. The van der Waals surface area contributed by atoms with Crippen LogP contribution in [0.1, 0.15) is 6.42 Å². The van der Waals surface area contributed by atoms with E-state index < -0.39 is 0 Å². The number of nitrogens with zero attached hydrogens (tertiary/aromatic N) is 6. The van der Waals surface area contributed by atoms with E-state index in [2.05, 4.69) is 20.1 Å². The third-order valence-electron chi connectivity index (χ3n) is 1.37. The van der Waals surface area contributed by atoms with Crippen molar-refractivity contribution in [2.45, 2.75) is 11.6 Å². The molecule has 1 aromatic heterocycles. The third kappa shape index (κ3) is 3.35. The summed E-state index contributed by atoms with van der Waals surface area (Å²) in [5.41, 5.74) is 8.02. The molecule has 0 N–H and O–H groups in total. The second-order valence-electron chi connectivity index (χ2n) is 2.32. The second-order valence-corrected chi connectivity index (χ2v) is 3.38. The summed E-state index contributed by atoms with van der Waals surface area (Å²) in [7, 11) is 1.85. The van der Waals surface area contributed by atoms with Crippen molar-refractivity contribution >= 4 is 11.8 Å². The highest BCUT2D eigenvalue weighted by Crippen LogP contribution is 2.13. The maximum absolute atomic E-state index is 8.02. The van der Waals surface area contributed by atoms with Gasteiger partial charge in [-0.1, -0.05) is 16.9 Å². The molecule has 0 unspecified atom stereocenters. The summed E-state index contributed by atoms with van der Waals surface area (Å²) in [6.07, 6.45) is 2.39. The van der Waals surface area contributed by atoms with Gasteiger partial charge in [-0.15, -0.1) is 0 Å². The first-order chi connectivity index (χ1) is 6.34. The third-order valence-corrected chi connectivity index (χ3v) is 2.49. The van der Waals surface area contributed by atoms with Gasteiger partial charge in [0.1, 0.15) is 6.33 Å². The van der Waals surface area contributed by atoms with Crippen LogP contribution in [0.5, 0.6) is 0 Å². The van der Waals surface area contributed by atoms with Crippen molar-refractivity contribution in [3.63, 3.8) is 0 Å². The van der Waals surface area contributed by atoms with Gasteiger partial charge in [0.2, 0.25) is 0 Å². The molecule has 0 saturated heterocycles. The Morgan fingerprint density at radius 1 is 1.77 bits per heavy atom. The summed E-state index contributed by atoms with van der Waals surface area (Å²) in [5, 5.41) is 8.26. The number of rotatable bonds is 5. The molecule has 1 rings (SSSR count). The maximum Gasteiger partial charge on any atom is 0.185 e. The molecule has 1 heterocycles. The fraction of sp³-hybridized carbons (Fsp3) is 0.667. The van der Waals surface area contributed by atoms with Crippen LogP contribution in [0.25, 0.3) is 10.4 Å². The fourth-order valence-electron chi connectivity index (χ4n) is 0.760. The predicted octanol–water partition coefficient (Wildman–Crippen LogP) is 1.61. The van der Waals surface area contributed by atoms with Gasteiger partial charge >= 0.3 is 0 Å². The van der Waals surface area contributed by atoms with Gasteiger partial charge in [0.05, 0.1) is 0 Å². The van der Waals surface area contributed by atoms with Crippen LogP contribution in [0, 0.1) is 0 Å². The van der Waals surface area contributed by atoms with E-state index in [4.69, 9.17) is 5.53 Å². The molecule has 0 aliphatic carbocycles. The molecular weight excluding hydrogens is 188 g/mol. The van der Waals surface area contributed by atoms with E-state index in [-0.39, 0.29) is 0 Å². The van der Waals surface area contributed by atoms with E-state index in [0.29, 0.717) is 6.54 Å². The number of aromatic nitrogens is 3. The van der Waals surface area contributed by atoms with Gasteiger partial charge in [0.15, 0.2) is 5.16 Å². The topological polar surface area (TPSA) is 79.5 Å². The van der Waals surface area contributed by atoms with E-state index in [0.717, 1.165) is 17.3 Å². The molecule has 0 saturated carbocycles. The molecule has 0 atom stereocenters. The molecule has 0 amide bonds. The number of azide groups is 1. The Morgan fingerprint density at radius 2 is 2.62 bits per heavy atom. The van der Waals surface area contributed by atoms with Crippen LogP contribution in [0.2, 0.25) is 0 Å². The minimum Gasteiger partial charge on any atom is -0.244 e. The lowest BCUT2D eigenvalue weighted by Crippen LogP contribution is -1.94. The van der Waals surface area contributed by atoms with Crippen molar-refractivity contribution in [2.75, 3.05) is 12.3 Å². The first-order valence-electron chi connectivity index (χ1n) is 3.82. The van der Waals surface area contributed by atoms with E-state index in [9.17, 15) is 0 Å². The second kappa shape index (κ2) is 5.45. The molecule has 70 valence electrons. The summed E-state index contributed by atoms with van der Waals surface area (Å²) < 4.78 is 1.72. The summed E-state index contributed by atoms with van der Waals surface area (Å²) in [6, 6.07) is 0. The maximum atomic E-state index is 8.02. The Balaban J connectivity index is 2.20. The lowest BCUT2D eigenvalue weighted by atomic mass is 10.5. The van der Waals surface area contributed by atoms with Crippen LogP contribution in [0.15, 0.2) is 16.6 Å². The molecule has 0 fully saturated rings. The first-order valence-corrected chi connectivity index (χ1v) is 4.81. The average molecular weight is 198 g/mol. The minimum absolute atomic E-state index is 0.543. The SMILES string of the molecule is Cn1ncnc1SCCCN=[N+]=[N-]. The van der Waals surface area contributed by atoms with Gasteiger partial charge in [-0.05, 0) is 12.0 Å². The first kappa shape index (κ1) is 9.88. The smallest absolute Gasteiger partial charge is 0.185 e. The van der Waals surface area contributed by atoms with E-state index in [1.54, 1.807) is 16.4 Å². The highest BCUT2D eigenvalue weighted by Gasteiger charge is 1.99. The molecule has 6 nitrogen and oxygen atoms in total. The van der Waals surface area contributed by atoms with Crippen LogP contribution >= 0.6 is 11.8 Å². The highest BCUT2D eigenvalue weighted by atomic mass is 32.2. The monoisotopic (exact) mass is 198 g/mol. The molecule has 0 aliphatic rings.